The smallest absolute Gasteiger partial charge is 0.120 e. The van der Waals surface area contributed by atoms with Gasteiger partial charge in [0.25, 0.3) is 0 Å². The molecule has 1 aromatic rings. The molecule has 0 saturated heterocycles. The summed E-state index contributed by atoms with van der Waals surface area (Å²) in [5.74, 6) is 1.77. The monoisotopic (exact) mass is 299 g/mol. The molecule has 2 atom stereocenters. The van der Waals surface area contributed by atoms with Gasteiger partial charge in [0, 0.05) is 13.2 Å². The molecule has 0 aliphatic carbocycles. The first-order valence-electron chi connectivity index (χ1n) is 7.76. The van der Waals surface area contributed by atoms with Gasteiger partial charge in [0.05, 0.1) is 32.0 Å². The second kappa shape index (κ2) is 10.8. The van der Waals surface area contributed by atoms with Crippen LogP contribution in [0.5, 0.6) is 0 Å². The lowest BCUT2D eigenvalue weighted by Crippen LogP contribution is -2.32. The lowest BCUT2D eigenvalue weighted by Gasteiger charge is -2.16. The van der Waals surface area contributed by atoms with E-state index < -0.39 is 6.10 Å². The van der Waals surface area contributed by atoms with Gasteiger partial charge in [-0.15, -0.1) is 0 Å². The van der Waals surface area contributed by atoms with Gasteiger partial charge in [0.2, 0.25) is 0 Å². The van der Waals surface area contributed by atoms with E-state index in [4.69, 9.17) is 13.9 Å². The number of nitrogens with one attached hydrogen (secondary N) is 1. The molecule has 2 N–H and O–H groups in total. The lowest BCUT2D eigenvalue weighted by molar-refractivity contribution is 0.00316. The average Bonchev–Trinajstić information content (AvgIpc) is 2.90. The summed E-state index contributed by atoms with van der Waals surface area (Å²) >= 11 is 0. The molecule has 5 heteroatoms. The number of ether oxygens (including phenoxy) is 2. The summed E-state index contributed by atoms with van der Waals surface area (Å²) in [5, 5.41) is 13.1. The molecule has 0 saturated carbocycles. The van der Waals surface area contributed by atoms with E-state index in [9.17, 15) is 5.11 Å². The van der Waals surface area contributed by atoms with Crippen LogP contribution in [0.25, 0.3) is 0 Å². The number of aryl methyl sites for hydroxylation is 1. The van der Waals surface area contributed by atoms with Gasteiger partial charge < -0.3 is 24.3 Å². The van der Waals surface area contributed by atoms with Gasteiger partial charge in [0.15, 0.2) is 0 Å². The maximum absolute atomic E-state index is 9.83. The predicted molar refractivity (Wildman–Crippen MR) is 82.4 cm³/mol. The van der Waals surface area contributed by atoms with Crippen LogP contribution in [0, 0.1) is 6.92 Å². The molecule has 0 bridgehead atoms. The van der Waals surface area contributed by atoms with E-state index in [0.717, 1.165) is 31.0 Å². The van der Waals surface area contributed by atoms with E-state index >= 15 is 0 Å². The van der Waals surface area contributed by atoms with Crippen LogP contribution in [0.2, 0.25) is 0 Å². The van der Waals surface area contributed by atoms with E-state index in [1.807, 2.05) is 26.0 Å². The van der Waals surface area contributed by atoms with Crippen molar-refractivity contribution < 1.29 is 19.0 Å². The van der Waals surface area contributed by atoms with Crippen molar-refractivity contribution in [1.82, 2.24) is 5.32 Å². The molecule has 0 aromatic carbocycles. The highest BCUT2D eigenvalue weighted by atomic mass is 16.5. The molecule has 0 radical (unpaired) electrons. The van der Waals surface area contributed by atoms with Gasteiger partial charge in [-0.05, 0) is 32.4 Å². The van der Waals surface area contributed by atoms with Gasteiger partial charge >= 0.3 is 0 Å². The first kappa shape index (κ1) is 18.2. The minimum absolute atomic E-state index is 0.0747. The summed E-state index contributed by atoms with van der Waals surface area (Å²) in [6.45, 7) is 8.73. The molecule has 0 aliphatic rings. The summed E-state index contributed by atoms with van der Waals surface area (Å²) in [6.07, 6.45) is 1.69. The minimum atomic E-state index is -0.529. The number of unbranched alkanes of at least 4 members (excludes halogenated alkanes) is 1. The highest BCUT2D eigenvalue weighted by Crippen LogP contribution is 2.15. The highest BCUT2D eigenvalue weighted by Gasteiger charge is 2.11. The van der Waals surface area contributed by atoms with E-state index in [1.165, 1.54) is 0 Å². The fourth-order valence-corrected chi connectivity index (χ4v) is 1.84. The third-order valence-corrected chi connectivity index (χ3v) is 3.17. The summed E-state index contributed by atoms with van der Waals surface area (Å²) in [6, 6.07) is 3.96. The molecule has 0 amide bonds. The largest absolute Gasteiger partial charge is 0.465 e. The van der Waals surface area contributed by atoms with Crippen LogP contribution >= 0.6 is 0 Å². The Balaban J connectivity index is 2.02. The Hall–Kier alpha value is -0.880. The number of rotatable bonds is 12. The van der Waals surface area contributed by atoms with Crippen molar-refractivity contribution in [2.75, 3.05) is 33.0 Å². The van der Waals surface area contributed by atoms with Crippen molar-refractivity contribution in [3.8, 4) is 0 Å². The molecule has 1 aromatic heterocycles. The van der Waals surface area contributed by atoms with Crippen molar-refractivity contribution in [2.45, 2.75) is 45.8 Å². The number of hydrogen-bond acceptors (Lipinski definition) is 5. The third kappa shape index (κ3) is 8.21. The van der Waals surface area contributed by atoms with E-state index in [0.29, 0.717) is 26.4 Å². The van der Waals surface area contributed by atoms with Gasteiger partial charge in [-0.3, -0.25) is 0 Å². The molecule has 21 heavy (non-hydrogen) atoms. The zero-order valence-electron chi connectivity index (χ0n) is 13.4. The molecule has 5 nitrogen and oxygen atoms in total. The molecule has 2 unspecified atom stereocenters. The van der Waals surface area contributed by atoms with Crippen molar-refractivity contribution in [3.63, 3.8) is 0 Å². The zero-order valence-corrected chi connectivity index (χ0v) is 13.4. The summed E-state index contributed by atoms with van der Waals surface area (Å²) in [7, 11) is 0. The maximum atomic E-state index is 9.83. The van der Waals surface area contributed by atoms with Crippen LogP contribution in [-0.2, 0) is 9.47 Å². The fourth-order valence-electron chi connectivity index (χ4n) is 1.84. The maximum Gasteiger partial charge on any atom is 0.120 e. The summed E-state index contributed by atoms with van der Waals surface area (Å²) in [5.41, 5.74) is 0. The third-order valence-electron chi connectivity index (χ3n) is 3.17. The van der Waals surface area contributed by atoms with Crippen LogP contribution in [0.3, 0.4) is 0 Å². The Kier molecular flexibility index (Phi) is 9.34. The van der Waals surface area contributed by atoms with Crippen molar-refractivity contribution in [2.24, 2.45) is 0 Å². The Morgan fingerprint density at radius 2 is 2.00 bits per heavy atom. The van der Waals surface area contributed by atoms with E-state index in [-0.39, 0.29) is 6.04 Å². The second-order valence-electron chi connectivity index (χ2n) is 5.27. The summed E-state index contributed by atoms with van der Waals surface area (Å²) in [4.78, 5) is 0. The second-order valence-corrected chi connectivity index (χ2v) is 5.27. The Morgan fingerprint density at radius 1 is 1.24 bits per heavy atom. The standard InChI is InChI=1S/C16H29NO4/c1-4-5-8-19-9-10-20-12-15(18)11-17-14(3)16-7-6-13(2)21-16/h6-7,14-15,17-18H,4-5,8-12H2,1-3H3. The SMILES string of the molecule is CCCCOCCOCC(O)CNC(C)c1ccc(C)o1. The Bertz CT molecular complexity index is 367. The lowest BCUT2D eigenvalue weighted by atomic mass is 10.2. The Labute approximate surface area is 127 Å². The fraction of sp³-hybridized carbons (Fsp3) is 0.750. The first-order chi connectivity index (χ1) is 10.1. The number of aliphatic hydroxyl groups excluding tert-OH is 1. The first-order valence-corrected chi connectivity index (χ1v) is 7.76. The van der Waals surface area contributed by atoms with Crippen LogP contribution in [-0.4, -0.2) is 44.2 Å². The topological polar surface area (TPSA) is 63.9 Å². The molecule has 1 rings (SSSR count). The average molecular weight is 299 g/mol. The molecule has 0 aliphatic heterocycles. The van der Waals surface area contributed by atoms with E-state index in [2.05, 4.69) is 12.2 Å². The van der Waals surface area contributed by atoms with Gasteiger partial charge in [-0.25, -0.2) is 0 Å². The molecule has 0 fully saturated rings. The van der Waals surface area contributed by atoms with Gasteiger partial charge in [-0.2, -0.15) is 0 Å². The van der Waals surface area contributed by atoms with Crippen LogP contribution in [0.15, 0.2) is 16.5 Å². The number of aliphatic hydroxyl groups is 1. The zero-order chi connectivity index (χ0) is 15.5. The van der Waals surface area contributed by atoms with Gasteiger partial charge in [-0.1, -0.05) is 13.3 Å². The highest BCUT2D eigenvalue weighted by molar-refractivity contribution is 5.08. The van der Waals surface area contributed by atoms with E-state index in [1.54, 1.807) is 0 Å². The van der Waals surface area contributed by atoms with Crippen molar-refractivity contribution in [3.05, 3.63) is 23.7 Å². The predicted octanol–water partition coefficient (Wildman–Crippen LogP) is 2.43. The minimum Gasteiger partial charge on any atom is -0.465 e. The van der Waals surface area contributed by atoms with Crippen LogP contribution < -0.4 is 5.32 Å². The quantitative estimate of drug-likeness (QED) is 0.580. The molecule has 122 valence electrons. The molecular formula is C16H29NO4. The van der Waals surface area contributed by atoms with Crippen LogP contribution in [0.1, 0.15) is 44.3 Å². The number of hydrogen-bond donors (Lipinski definition) is 2. The normalized spacial score (nSPS) is 14.3. The number of furan rings is 1. The van der Waals surface area contributed by atoms with Crippen molar-refractivity contribution >= 4 is 0 Å². The van der Waals surface area contributed by atoms with Crippen LogP contribution in [0.4, 0.5) is 0 Å². The van der Waals surface area contributed by atoms with Gasteiger partial charge in [0.1, 0.15) is 11.5 Å². The van der Waals surface area contributed by atoms with Crippen molar-refractivity contribution in [1.29, 1.82) is 0 Å². The molecular weight excluding hydrogens is 270 g/mol. The Morgan fingerprint density at radius 3 is 2.67 bits per heavy atom. The summed E-state index contributed by atoms with van der Waals surface area (Å²) < 4.78 is 16.3. The molecule has 0 spiro atoms. The molecule has 1 heterocycles.